The summed E-state index contributed by atoms with van der Waals surface area (Å²) < 4.78 is 5.69. The molecule has 2 aromatic rings. The number of carbonyl (C=O) groups is 4. The number of carbonyl (C=O) groups excluding carboxylic acids is 4. The van der Waals surface area contributed by atoms with E-state index in [1.54, 1.807) is 40.7 Å². The van der Waals surface area contributed by atoms with E-state index in [2.05, 4.69) is 16.1 Å². The Morgan fingerprint density at radius 2 is 1.82 bits per heavy atom. The molecule has 5 bridgehead atoms. The molecule has 10 nitrogen and oxygen atoms in total. The van der Waals surface area contributed by atoms with Crippen molar-refractivity contribution in [2.75, 3.05) is 6.54 Å². The van der Waals surface area contributed by atoms with E-state index in [1.165, 1.54) is 5.01 Å². The van der Waals surface area contributed by atoms with Crippen LogP contribution in [0.4, 0.5) is 0 Å². The van der Waals surface area contributed by atoms with E-state index in [9.17, 15) is 19.2 Å². The summed E-state index contributed by atoms with van der Waals surface area (Å²) in [7, 11) is 0. The molecule has 1 aromatic heterocycles. The topological polar surface area (TPSA) is 130 Å². The lowest BCUT2D eigenvalue weighted by atomic mass is 9.92. The molecule has 0 radical (unpaired) electrons. The zero-order valence-corrected chi connectivity index (χ0v) is 23.1. The fourth-order valence-electron chi connectivity index (χ4n) is 4.54. The Bertz CT molecular complexity index is 1300. The van der Waals surface area contributed by atoms with Crippen molar-refractivity contribution >= 4 is 40.7 Å². The highest BCUT2D eigenvalue weighted by Gasteiger charge is 2.36. The average molecular weight is 536 g/mol. The van der Waals surface area contributed by atoms with Crippen molar-refractivity contribution in [3.8, 4) is 0 Å². The van der Waals surface area contributed by atoms with Gasteiger partial charge in [-0.2, -0.15) is 0 Å². The van der Waals surface area contributed by atoms with Gasteiger partial charge in [0, 0.05) is 11.9 Å². The van der Waals surface area contributed by atoms with E-state index in [-0.39, 0.29) is 24.3 Å². The van der Waals surface area contributed by atoms with Crippen LogP contribution in [-0.4, -0.2) is 58.4 Å². The van der Waals surface area contributed by atoms with Crippen molar-refractivity contribution in [1.82, 2.24) is 26.1 Å². The number of hydrazine groups is 1. The first-order valence-electron chi connectivity index (χ1n) is 13.4. The van der Waals surface area contributed by atoms with Crippen LogP contribution in [0.15, 0.2) is 36.4 Å². The van der Waals surface area contributed by atoms with Crippen molar-refractivity contribution < 1.29 is 23.9 Å². The summed E-state index contributed by atoms with van der Waals surface area (Å²) in [5, 5.41) is 7.93. The molecule has 3 atom stereocenters. The average Bonchev–Trinajstić information content (AvgIpc) is 2.91. The number of rotatable bonds is 1. The van der Waals surface area contributed by atoms with Gasteiger partial charge in [-0.1, -0.05) is 44.2 Å². The number of pyridine rings is 1. The third kappa shape index (κ3) is 6.62. The molecule has 208 valence electrons. The van der Waals surface area contributed by atoms with Crippen molar-refractivity contribution in [1.29, 1.82) is 0 Å². The molecule has 2 aliphatic rings. The van der Waals surface area contributed by atoms with Crippen molar-refractivity contribution in [3.63, 3.8) is 0 Å². The van der Waals surface area contributed by atoms with Crippen LogP contribution in [0.5, 0.6) is 0 Å². The van der Waals surface area contributed by atoms with Crippen LogP contribution >= 0.6 is 0 Å². The molecule has 3 amide bonds. The summed E-state index contributed by atoms with van der Waals surface area (Å²) in [6.45, 7) is 9.22. The molecule has 1 fully saturated rings. The van der Waals surface area contributed by atoms with Gasteiger partial charge < -0.3 is 15.4 Å². The fraction of sp³-hybridized carbons (Fsp3) is 0.483. The lowest BCUT2D eigenvalue weighted by molar-refractivity contribution is -0.165. The number of nitrogens with zero attached hydrogens (tertiary/aromatic N) is 2. The first kappa shape index (κ1) is 28.2. The number of hydrogen-bond donors (Lipinski definition) is 3. The normalized spacial score (nSPS) is 25.7. The Hall–Kier alpha value is -3.79. The largest absolute Gasteiger partial charge is 0.451 e. The molecule has 10 heteroatoms. The van der Waals surface area contributed by atoms with Gasteiger partial charge in [0.15, 0.2) is 6.10 Å². The standard InChI is InChI=1S/C29H37N5O5/c1-17(2)24-26(36)31-18(3)27(37)34-14-6-7-22(33-34)25(35)30-16-21-11-10-20-9-8-19(15-23(20)32-21)12-13-29(4,5)28(38)39-24/h8-13,15,17-18,22,24,33H,6-7,14,16H2,1-5H3,(H,30,35)(H,31,36)/b13-12+/t18-,22?,24-/m0/s1. The van der Waals surface area contributed by atoms with Crippen LogP contribution in [-0.2, 0) is 30.5 Å². The van der Waals surface area contributed by atoms with E-state index in [0.717, 1.165) is 16.5 Å². The highest BCUT2D eigenvalue weighted by atomic mass is 16.5. The fourth-order valence-corrected chi connectivity index (χ4v) is 4.54. The maximum atomic E-state index is 13.2. The van der Waals surface area contributed by atoms with Crippen LogP contribution < -0.4 is 16.1 Å². The van der Waals surface area contributed by atoms with Gasteiger partial charge in [0.05, 0.1) is 23.2 Å². The van der Waals surface area contributed by atoms with Crippen molar-refractivity contribution in [2.24, 2.45) is 11.3 Å². The quantitative estimate of drug-likeness (QED) is 0.479. The second kappa shape index (κ2) is 11.5. The Balaban J connectivity index is 1.67. The number of cyclic esters (lactones) is 1. The lowest BCUT2D eigenvalue weighted by Gasteiger charge is -2.35. The van der Waals surface area contributed by atoms with Gasteiger partial charge in [-0.25, -0.2) is 5.43 Å². The van der Waals surface area contributed by atoms with E-state index in [0.29, 0.717) is 25.1 Å². The Morgan fingerprint density at radius 1 is 1.08 bits per heavy atom. The van der Waals surface area contributed by atoms with E-state index >= 15 is 0 Å². The second-order valence-electron chi connectivity index (χ2n) is 11.1. The molecule has 0 aliphatic carbocycles. The van der Waals surface area contributed by atoms with Crippen LogP contribution in [0.25, 0.3) is 17.0 Å². The molecule has 2 aliphatic heterocycles. The third-order valence-corrected chi connectivity index (χ3v) is 7.03. The van der Waals surface area contributed by atoms with Gasteiger partial charge in [-0.15, -0.1) is 0 Å². The monoisotopic (exact) mass is 535 g/mol. The molecule has 0 spiro atoms. The maximum Gasteiger partial charge on any atom is 0.316 e. The molecule has 1 saturated heterocycles. The predicted molar refractivity (Wildman–Crippen MR) is 147 cm³/mol. The Kier molecular flexibility index (Phi) is 8.34. The van der Waals surface area contributed by atoms with Crippen LogP contribution in [0, 0.1) is 11.3 Å². The number of benzene rings is 1. The highest BCUT2D eigenvalue weighted by Crippen LogP contribution is 2.25. The molecular formula is C29H37N5O5. The SMILES string of the molecule is CC(C)[C@@H]1OC(=O)C(C)(C)/C=C/c2ccc3ccc(nc3c2)CNC(=O)C2CCCN(N2)C(=O)[C@H](C)NC1=O. The van der Waals surface area contributed by atoms with Crippen LogP contribution in [0.1, 0.15) is 58.7 Å². The van der Waals surface area contributed by atoms with Gasteiger partial charge >= 0.3 is 5.97 Å². The zero-order chi connectivity index (χ0) is 28.3. The smallest absolute Gasteiger partial charge is 0.316 e. The Labute approximate surface area is 228 Å². The van der Waals surface area contributed by atoms with Gasteiger partial charge in [-0.3, -0.25) is 29.2 Å². The molecule has 3 heterocycles. The number of hydrogen-bond acceptors (Lipinski definition) is 7. The minimum atomic E-state index is -1.08. The molecule has 4 rings (SSSR count). The van der Waals surface area contributed by atoms with Crippen LogP contribution in [0.3, 0.4) is 0 Å². The minimum Gasteiger partial charge on any atom is -0.451 e. The van der Waals surface area contributed by atoms with Crippen molar-refractivity contribution in [3.05, 3.63) is 47.7 Å². The van der Waals surface area contributed by atoms with Gasteiger partial charge in [0.25, 0.3) is 11.8 Å². The van der Waals surface area contributed by atoms with Gasteiger partial charge in [0.1, 0.15) is 12.1 Å². The zero-order valence-electron chi connectivity index (χ0n) is 23.1. The summed E-state index contributed by atoms with van der Waals surface area (Å²) >= 11 is 0. The third-order valence-electron chi connectivity index (χ3n) is 7.03. The minimum absolute atomic E-state index is 0.234. The van der Waals surface area contributed by atoms with Gasteiger partial charge in [0.2, 0.25) is 5.91 Å². The number of fused-ring (bicyclic) bond motifs is 4. The van der Waals surface area contributed by atoms with E-state index in [4.69, 9.17) is 9.72 Å². The molecule has 0 saturated carbocycles. The summed E-state index contributed by atoms with van der Waals surface area (Å²) in [4.78, 5) is 57.0. The second-order valence-corrected chi connectivity index (χ2v) is 11.1. The lowest BCUT2D eigenvalue weighted by Crippen LogP contribution is -2.61. The summed E-state index contributed by atoms with van der Waals surface area (Å²) in [5.74, 6) is -2.03. The molecule has 1 unspecified atom stereocenters. The molecule has 3 N–H and O–H groups in total. The van der Waals surface area contributed by atoms with Gasteiger partial charge in [-0.05, 0) is 57.2 Å². The first-order chi connectivity index (χ1) is 18.4. The number of amides is 3. The maximum absolute atomic E-state index is 13.2. The summed E-state index contributed by atoms with van der Waals surface area (Å²) in [6, 6.07) is 8.13. The van der Waals surface area contributed by atoms with E-state index < -0.39 is 35.5 Å². The highest BCUT2D eigenvalue weighted by molar-refractivity contribution is 5.91. The molecule has 39 heavy (non-hydrogen) atoms. The number of nitrogens with one attached hydrogen (secondary N) is 3. The number of aromatic nitrogens is 1. The summed E-state index contributed by atoms with van der Waals surface area (Å²) in [5.41, 5.74) is 4.29. The van der Waals surface area contributed by atoms with Crippen LogP contribution in [0.2, 0.25) is 0 Å². The number of ether oxygens (including phenoxy) is 1. The van der Waals surface area contributed by atoms with E-state index in [1.807, 2.05) is 36.4 Å². The summed E-state index contributed by atoms with van der Waals surface area (Å²) in [6.07, 6.45) is 3.68. The predicted octanol–water partition coefficient (Wildman–Crippen LogP) is 2.47. The molecule has 1 aromatic carbocycles. The van der Waals surface area contributed by atoms with Crippen molar-refractivity contribution in [2.45, 2.75) is 72.2 Å². The first-order valence-corrected chi connectivity index (χ1v) is 13.4. The molecular weight excluding hydrogens is 498 g/mol. The number of esters is 1. The Morgan fingerprint density at radius 3 is 2.56 bits per heavy atom.